The Morgan fingerprint density at radius 3 is 2.34 bits per heavy atom. The minimum absolute atomic E-state index is 0.0627. The van der Waals surface area contributed by atoms with Gasteiger partial charge in [0.25, 0.3) is 10.0 Å². The quantitative estimate of drug-likeness (QED) is 0.516. The molecule has 1 amide bonds. The van der Waals surface area contributed by atoms with Crippen molar-refractivity contribution in [1.82, 2.24) is 0 Å². The molecular weight excluding hydrogens is 412 g/mol. The number of rotatable bonds is 11. The average molecular weight is 439 g/mol. The van der Waals surface area contributed by atoms with Gasteiger partial charge >= 0.3 is 0 Å². The second-order valence-electron chi connectivity index (χ2n) is 6.15. The van der Waals surface area contributed by atoms with E-state index < -0.39 is 10.0 Å². The Morgan fingerprint density at radius 1 is 1.03 bits per heavy atom. The van der Waals surface area contributed by atoms with Crippen molar-refractivity contribution in [3.63, 3.8) is 0 Å². The number of anilines is 2. The summed E-state index contributed by atoms with van der Waals surface area (Å²) >= 11 is 1.55. The van der Waals surface area contributed by atoms with Crippen LogP contribution >= 0.6 is 11.8 Å². The van der Waals surface area contributed by atoms with E-state index in [2.05, 4.69) is 17.0 Å². The molecule has 0 bridgehead atoms. The average Bonchev–Trinajstić information content (AvgIpc) is 2.71. The number of sulfonamides is 1. The van der Waals surface area contributed by atoms with E-state index in [-0.39, 0.29) is 16.6 Å². The van der Waals surface area contributed by atoms with E-state index in [0.717, 1.165) is 18.6 Å². The standard InChI is InChI=1S/C20H26N2O5S2/c1-4-5-12-28-14-20(23)21-16-8-11-18(27-3)19(13-16)29(24,25)22-15-6-9-17(26-2)10-7-15/h6-11,13,22H,4-5,12,14H2,1-3H3,(H,21,23). The highest BCUT2D eigenvalue weighted by Gasteiger charge is 2.21. The van der Waals surface area contributed by atoms with Crippen LogP contribution in [0, 0.1) is 0 Å². The van der Waals surface area contributed by atoms with Gasteiger partial charge in [-0.1, -0.05) is 13.3 Å². The molecule has 0 saturated carbocycles. The van der Waals surface area contributed by atoms with Gasteiger partial charge in [-0.25, -0.2) is 8.42 Å². The van der Waals surface area contributed by atoms with Gasteiger partial charge in [-0.2, -0.15) is 11.8 Å². The molecule has 9 heteroatoms. The van der Waals surface area contributed by atoms with Crippen LogP contribution in [0.2, 0.25) is 0 Å². The third kappa shape index (κ3) is 6.86. The summed E-state index contributed by atoms with van der Waals surface area (Å²) in [5, 5.41) is 2.74. The van der Waals surface area contributed by atoms with Crippen LogP contribution in [-0.4, -0.2) is 40.1 Å². The molecule has 0 atom stereocenters. The topological polar surface area (TPSA) is 93.7 Å². The molecular formula is C20H26N2O5S2. The molecule has 29 heavy (non-hydrogen) atoms. The lowest BCUT2D eigenvalue weighted by molar-refractivity contribution is -0.113. The maximum absolute atomic E-state index is 12.9. The highest BCUT2D eigenvalue weighted by molar-refractivity contribution is 7.99. The second-order valence-corrected chi connectivity index (χ2v) is 8.91. The largest absolute Gasteiger partial charge is 0.497 e. The molecule has 0 fully saturated rings. The van der Waals surface area contributed by atoms with Gasteiger partial charge in [0.2, 0.25) is 5.91 Å². The molecule has 0 spiro atoms. The lowest BCUT2D eigenvalue weighted by atomic mass is 10.3. The van der Waals surface area contributed by atoms with Gasteiger partial charge in [0.05, 0.1) is 20.0 Å². The molecule has 2 N–H and O–H groups in total. The molecule has 0 heterocycles. The molecule has 0 radical (unpaired) electrons. The van der Waals surface area contributed by atoms with E-state index in [0.29, 0.717) is 22.9 Å². The Bertz CT molecular complexity index is 915. The van der Waals surface area contributed by atoms with Crippen LogP contribution in [0.15, 0.2) is 47.4 Å². The van der Waals surface area contributed by atoms with Gasteiger partial charge in [0, 0.05) is 11.4 Å². The van der Waals surface area contributed by atoms with Crippen molar-refractivity contribution < 1.29 is 22.7 Å². The lowest BCUT2D eigenvalue weighted by Gasteiger charge is -2.14. The summed E-state index contributed by atoms with van der Waals surface area (Å²) in [5.41, 5.74) is 0.775. The first kappa shape index (κ1) is 22.9. The second kappa shape index (κ2) is 11.0. The van der Waals surface area contributed by atoms with Gasteiger partial charge in [-0.15, -0.1) is 0 Å². The maximum atomic E-state index is 12.9. The van der Waals surface area contributed by atoms with Crippen molar-refractivity contribution >= 4 is 39.1 Å². The Balaban J connectivity index is 2.16. The van der Waals surface area contributed by atoms with E-state index in [9.17, 15) is 13.2 Å². The van der Waals surface area contributed by atoms with Crippen LogP contribution in [0.25, 0.3) is 0 Å². The number of carbonyl (C=O) groups is 1. The minimum Gasteiger partial charge on any atom is -0.497 e. The summed E-state index contributed by atoms with van der Waals surface area (Å²) in [6.07, 6.45) is 2.13. The third-order valence-corrected chi connectivity index (χ3v) is 6.40. The van der Waals surface area contributed by atoms with Crippen molar-refractivity contribution in [2.75, 3.05) is 35.8 Å². The normalized spacial score (nSPS) is 11.0. The fourth-order valence-corrected chi connectivity index (χ4v) is 4.59. The Kier molecular flexibility index (Phi) is 8.66. The van der Waals surface area contributed by atoms with Gasteiger partial charge in [0.15, 0.2) is 0 Å². The number of hydrogen-bond donors (Lipinski definition) is 2. The maximum Gasteiger partial charge on any atom is 0.265 e. The predicted octanol–water partition coefficient (Wildman–Crippen LogP) is 3.98. The van der Waals surface area contributed by atoms with Crippen molar-refractivity contribution in [2.45, 2.75) is 24.7 Å². The summed E-state index contributed by atoms with van der Waals surface area (Å²) in [7, 11) is -1.00. The SMILES string of the molecule is CCCCSCC(=O)Nc1ccc(OC)c(S(=O)(=O)Nc2ccc(OC)cc2)c1. The molecule has 0 aliphatic heterocycles. The fraction of sp³-hybridized carbons (Fsp3) is 0.350. The molecule has 2 aromatic carbocycles. The Hall–Kier alpha value is -2.39. The summed E-state index contributed by atoms with van der Waals surface area (Å²) < 4.78 is 38.5. The summed E-state index contributed by atoms with van der Waals surface area (Å²) in [4.78, 5) is 12.0. The highest BCUT2D eigenvalue weighted by atomic mass is 32.2. The minimum atomic E-state index is -3.93. The molecule has 2 rings (SSSR count). The zero-order valence-corrected chi connectivity index (χ0v) is 18.4. The number of methoxy groups -OCH3 is 2. The van der Waals surface area contributed by atoms with Gasteiger partial charge in [-0.05, 0) is 54.6 Å². The van der Waals surface area contributed by atoms with Crippen molar-refractivity contribution in [3.05, 3.63) is 42.5 Å². The first-order valence-corrected chi connectivity index (χ1v) is 11.8. The molecule has 158 valence electrons. The number of unbranched alkanes of at least 4 members (excludes halogenated alkanes) is 1. The van der Waals surface area contributed by atoms with E-state index in [1.165, 1.54) is 26.4 Å². The number of carbonyl (C=O) groups excluding carboxylic acids is 1. The number of benzene rings is 2. The summed E-state index contributed by atoms with van der Waals surface area (Å²) in [5.74, 6) is 1.85. The van der Waals surface area contributed by atoms with E-state index in [4.69, 9.17) is 9.47 Å². The predicted molar refractivity (Wildman–Crippen MR) is 118 cm³/mol. The van der Waals surface area contributed by atoms with Crippen molar-refractivity contribution in [2.24, 2.45) is 0 Å². The molecule has 0 aromatic heterocycles. The van der Waals surface area contributed by atoms with E-state index in [1.807, 2.05) is 0 Å². The molecule has 0 aliphatic carbocycles. The number of thioether (sulfide) groups is 1. The Morgan fingerprint density at radius 2 is 1.72 bits per heavy atom. The fourth-order valence-electron chi connectivity index (χ4n) is 2.44. The zero-order chi connectivity index (χ0) is 21.3. The van der Waals surface area contributed by atoms with Crippen molar-refractivity contribution in [1.29, 1.82) is 0 Å². The van der Waals surface area contributed by atoms with E-state index in [1.54, 1.807) is 42.1 Å². The van der Waals surface area contributed by atoms with Crippen LogP contribution in [0.5, 0.6) is 11.5 Å². The molecule has 2 aromatic rings. The third-order valence-electron chi connectivity index (χ3n) is 3.95. The number of nitrogens with one attached hydrogen (secondary N) is 2. The smallest absolute Gasteiger partial charge is 0.265 e. The monoisotopic (exact) mass is 438 g/mol. The lowest BCUT2D eigenvalue weighted by Crippen LogP contribution is -2.17. The van der Waals surface area contributed by atoms with Crippen molar-refractivity contribution in [3.8, 4) is 11.5 Å². The highest BCUT2D eigenvalue weighted by Crippen LogP contribution is 2.29. The first-order chi connectivity index (χ1) is 13.9. The van der Waals surface area contributed by atoms with E-state index >= 15 is 0 Å². The number of ether oxygens (including phenoxy) is 2. The van der Waals surface area contributed by atoms with Crippen LogP contribution < -0.4 is 19.5 Å². The van der Waals surface area contributed by atoms with Gasteiger partial charge in [-0.3, -0.25) is 9.52 Å². The van der Waals surface area contributed by atoms with Crippen LogP contribution in [-0.2, 0) is 14.8 Å². The number of amides is 1. The summed E-state index contributed by atoms with van der Waals surface area (Å²) in [6.45, 7) is 2.10. The molecule has 0 aliphatic rings. The van der Waals surface area contributed by atoms with Gasteiger partial charge in [0.1, 0.15) is 16.4 Å². The van der Waals surface area contributed by atoms with Crippen LogP contribution in [0.3, 0.4) is 0 Å². The number of hydrogen-bond acceptors (Lipinski definition) is 6. The van der Waals surface area contributed by atoms with Crippen LogP contribution in [0.1, 0.15) is 19.8 Å². The Labute approximate surface area is 176 Å². The zero-order valence-electron chi connectivity index (χ0n) is 16.7. The molecule has 0 unspecified atom stereocenters. The first-order valence-electron chi connectivity index (χ1n) is 9.12. The molecule has 7 nitrogen and oxygen atoms in total. The van der Waals surface area contributed by atoms with Crippen LogP contribution in [0.4, 0.5) is 11.4 Å². The molecule has 0 saturated heterocycles. The summed E-state index contributed by atoms with van der Waals surface area (Å²) in [6, 6.07) is 11.0. The van der Waals surface area contributed by atoms with Gasteiger partial charge < -0.3 is 14.8 Å².